The monoisotopic (exact) mass is 300 g/mol. The smallest absolute Gasteiger partial charge is 0.341 e. The summed E-state index contributed by atoms with van der Waals surface area (Å²) in [6, 6.07) is 6.17. The van der Waals surface area contributed by atoms with Crippen LogP contribution in [0.25, 0.3) is 0 Å². The van der Waals surface area contributed by atoms with Gasteiger partial charge in [0.05, 0.1) is 12.4 Å². The molecule has 0 aromatic heterocycles. The fraction of sp³-hybridized carbons (Fsp3) is 0.500. The third-order valence-electron chi connectivity index (χ3n) is 2.60. The molecule has 0 N–H and O–H groups in total. The van der Waals surface area contributed by atoms with Crippen LogP contribution in [0.4, 0.5) is 0 Å². The molecule has 0 unspecified atom stereocenters. The van der Waals surface area contributed by atoms with Gasteiger partial charge in [0.15, 0.2) is 5.75 Å². The van der Waals surface area contributed by atoms with Gasteiger partial charge in [-0.2, -0.15) is 8.42 Å². The lowest BCUT2D eigenvalue weighted by atomic mass is 10.2. The number of carbonyl (C=O) groups excluding carboxylic acids is 1. The number of benzene rings is 1. The van der Waals surface area contributed by atoms with Crippen molar-refractivity contribution >= 4 is 16.1 Å². The van der Waals surface area contributed by atoms with Crippen LogP contribution >= 0.6 is 0 Å². The Hall–Kier alpha value is -1.56. The molecule has 20 heavy (non-hydrogen) atoms. The Morgan fingerprint density at radius 2 is 1.85 bits per heavy atom. The van der Waals surface area contributed by atoms with E-state index in [4.69, 9.17) is 8.92 Å². The number of hydrogen-bond acceptors (Lipinski definition) is 5. The fourth-order valence-electron chi connectivity index (χ4n) is 1.62. The zero-order valence-electron chi connectivity index (χ0n) is 11.8. The highest BCUT2D eigenvalue weighted by molar-refractivity contribution is 7.87. The van der Waals surface area contributed by atoms with Gasteiger partial charge in [-0.3, -0.25) is 0 Å². The predicted octanol–water partition coefficient (Wildman–Crippen LogP) is 2.76. The SMILES string of the molecule is CCCCCS(=O)(=O)Oc1ccccc1C(=O)OCC. The molecule has 0 saturated heterocycles. The van der Waals surface area contributed by atoms with Crippen LogP contribution in [0.3, 0.4) is 0 Å². The van der Waals surface area contributed by atoms with E-state index in [9.17, 15) is 13.2 Å². The second-order valence-corrected chi connectivity index (χ2v) is 5.96. The summed E-state index contributed by atoms with van der Waals surface area (Å²) in [6.07, 6.45) is 2.29. The van der Waals surface area contributed by atoms with Crippen molar-refractivity contribution in [2.24, 2.45) is 0 Å². The Morgan fingerprint density at radius 3 is 2.50 bits per heavy atom. The molecule has 0 amide bonds. The Balaban J connectivity index is 2.84. The van der Waals surface area contributed by atoms with Crippen LogP contribution in [0.5, 0.6) is 5.75 Å². The van der Waals surface area contributed by atoms with Gasteiger partial charge >= 0.3 is 16.1 Å². The number of esters is 1. The molecule has 5 nitrogen and oxygen atoms in total. The van der Waals surface area contributed by atoms with Crippen molar-refractivity contribution in [3.63, 3.8) is 0 Å². The van der Waals surface area contributed by atoms with Gasteiger partial charge in [-0.05, 0) is 25.5 Å². The van der Waals surface area contributed by atoms with Gasteiger partial charge in [-0.1, -0.05) is 31.9 Å². The van der Waals surface area contributed by atoms with Crippen LogP contribution < -0.4 is 4.18 Å². The molecule has 0 aliphatic carbocycles. The van der Waals surface area contributed by atoms with Crippen molar-refractivity contribution in [2.45, 2.75) is 33.1 Å². The summed E-state index contributed by atoms with van der Waals surface area (Å²) in [5.74, 6) is -0.632. The highest BCUT2D eigenvalue weighted by Gasteiger charge is 2.19. The average Bonchev–Trinajstić information content (AvgIpc) is 2.39. The Labute approximate surface area is 120 Å². The summed E-state index contributed by atoms with van der Waals surface area (Å²) in [6.45, 7) is 3.89. The van der Waals surface area contributed by atoms with Gasteiger partial charge in [-0.25, -0.2) is 4.79 Å². The molecule has 0 aliphatic heterocycles. The lowest BCUT2D eigenvalue weighted by Gasteiger charge is -2.10. The van der Waals surface area contributed by atoms with E-state index in [1.54, 1.807) is 19.1 Å². The Morgan fingerprint density at radius 1 is 1.15 bits per heavy atom. The van der Waals surface area contributed by atoms with E-state index >= 15 is 0 Å². The molecular formula is C14H20O5S. The maximum Gasteiger partial charge on any atom is 0.341 e. The van der Waals surface area contributed by atoms with Crippen LogP contribution in [0.15, 0.2) is 24.3 Å². The third-order valence-corrected chi connectivity index (χ3v) is 3.82. The normalized spacial score (nSPS) is 11.1. The predicted molar refractivity (Wildman–Crippen MR) is 76.3 cm³/mol. The maximum atomic E-state index is 11.8. The molecule has 1 rings (SSSR count). The molecule has 0 aliphatic rings. The number of carbonyl (C=O) groups is 1. The summed E-state index contributed by atoms with van der Waals surface area (Å²) < 4.78 is 33.6. The van der Waals surface area contributed by atoms with Crippen LogP contribution in [0, 0.1) is 0 Å². The van der Waals surface area contributed by atoms with Crippen molar-refractivity contribution in [2.75, 3.05) is 12.4 Å². The Kier molecular flexibility index (Phi) is 6.51. The summed E-state index contributed by atoms with van der Waals surface area (Å²) in [5.41, 5.74) is 0.119. The van der Waals surface area contributed by atoms with Gasteiger partial charge in [0, 0.05) is 0 Å². The van der Waals surface area contributed by atoms with Crippen LogP contribution in [-0.4, -0.2) is 26.7 Å². The highest BCUT2D eigenvalue weighted by atomic mass is 32.2. The summed E-state index contributed by atoms with van der Waals surface area (Å²) in [5, 5.41) is 0. The largest absolute Gasteiger partial charge is 0.462 e. The zero-order chi connectivity index (χ0) is 15.0. The molecule has 6 heteroatoms. The molecule has 0 atom stereocenters. The molecule has 112 valence electrons. The molecule has 0 heterocycles. The quantitative estimate of drug-likeness (QED) is 0.419. The Bertz CT molecular complexity index is 536. The van der Waals surface area contributed by atoms with Crippen molar-refractivity contribution in [1.29, 1.82) is 0 Å². The first kappa shape index (κ1) is 16.5. The van der Waals surface area contributed by atoms with Crippen molar-refractivity contribution in [1.82, 2.24) is 0 Å². The number of ether oxygens (including phenoxy) is 1. The summed E-state index contributed by atoms with van der Waals surface area (Å²) >= 11 is 0. The minimum absolute atomic E-state index is 0.0162. The van der Waals surface area contributed by atoms with Crippen molar-refractivity contribution in [3.8, 4) is 5.75 Å². The number of unbranched alkanes of at least 4 members (excludes halogenated alkanes) is 2. The zero-order valence-corrected chi connectivity index (χ0v) is 12.6. The fourth-order valence-corrected chi connectivity index (χ4v) is 2.68. The second kappa shape index (κ2) is 7.89. The molecule has 1 aromatic carbocycles. The van der Waals surface area contributed by atoms with Crippen molar-refractivity contribution < 1.29 is 22.1 Å². The van der Waals surface area contributed by atoms with E-state index in [-0.39, 0.29) is 23.7 Å². The molecule has 0 saturated carbocycles. The van der Waals surface area contributed by atoms with E-state index in [0.29, 0.717) is 6.42 Å². The summed E-state index contributed by atoms with van der Waals surface area (Å²) in [4.78, 5) is 11.7. The topological polar surface area (TPSA) is 69.7 Å². The van der Waals surface area contributed by atoms with E-state index in [0.717, 1.165) is 12.8 Å². The number of rotatable bonds is 8. The molecular weight excluding hydrogens is 280 g/mol. The molecule has 0 bridgehead atoms. The van der Waals surface area contributed by atoms with E-state index < -0.39 is 16.1 Å². The third kappa shape index (κ3) is 5.21. The highest BCUT2D eigenvalue weighted by Crippen LogP contribution is 2.21. The van der Waals surface area contributed by atoms with Gasteiger partial charge in [0.2, 0.25) is 0 Å². The molecule has 0 spiro atoms. The van der Waals surface area contributed by atoms with Crippen molar-refractivity contribution in [3.05, 3.63) is 29.8 Å². The van der Waals surface area contributed by atoms with Gasteiger partial charge < -0.3 is 8.92 Å². The van der Waals surface area contributed by atoms with Crippen LogP contribution in [-0.2, 0) is 14.9 Å². The van der Waals surface area contributed by atoms with Crippen LogP contribution in [0.1, 0.15) is 43.5 Å². The first-order valence-electron chi connectivity index (χ1n) is 6.68. The lowest BCUT2D eigenvalue weighted by Crippen LogP contribution is -2.16. The van der Waals surface area contributed by atoms with Gasteiger partial charge in [0.25, 0.3) is 0 Å². The number of para-hydroxylation sites is 1. The average molecular weight is 300 g/mol. The maximum absolute atomic E-state index is 11.8. The van der Waals surface area contributed by atoms with Gasteiger partial charge in [0.1, 0.15) is 5.56 Å². The standard InChI is InChI=1S/C14H20O5S/c1-3-5-8-11-20(16,17)19-13-10-7-6-9-12(13)14(15)18-4-2/h6-7,9-10H,3-5,8,11H2,1-2H3. The molecule has 0 radical (unpaired) electrons. The molecule has 1 aromatic rings. The first-order valence-corrected chi connectivity index (χ1v) is 8.26. The lowest BCUT2D eigenvalue weighted by molar-refractivity contribution is 0.0524. The van der Waals surface area contributed by atoms with E-state index in [1.165, 1.54) is 12.1 Å². The van der Waals surface area contributed by atoms with E-state index in [1.807, 2.05) is 6.92 Å². The number of hydrogen-bond donors (Lipinski definition) is 0. The summed E-state index contributed by atoms with van der Waals surface area (Å²) in [7, 11) is -3.69. The molecule has 0 fully saturated rings. The minimum atomic E-state index is -3.69. The minimum Gasteiger partial charge on any atom is -0.462 e. The van der Waals surface area contributed by atoms with Gasteiger partial charge in [-0.15, -0.1) is 0 Å². The first-order chi connectivity index (χ1) is 9.50. The van der Waals surface area contributed by atoms with Crippen LogP contribution in [0.2, 0.25) is 0 Å². The second-order valence-electron chi connectivity index (χ2n) is 4.27. The van der Waals surface area contributed by atoms with E-state index in [2.05, 4.69) is 0 Å².